The molecule has 6 nitrogen and oxygen atoms in total. The number of rotatable bonds is 6. The van der Waals surface area contributed by atoms with Crippen molar-refractivity contribution < 1.29 is 19.1 Å². The second kappa shape index (κ2) is 9.22. The minimum absolute atomic E-state index is 0.232. The van der Waals surface area contributed by atoms with Gasteiger partial charge in [0.25, 0.3) is 0 Å². The Labute approximate surface area is 187 Å². The van der Waals surface area contributed by atoms with Crippen LogP contribution >= 0.6 is 11.3 Å². The number of hydrogen-bond acceptors (Lipinski definition) is 7. The molecule has 0 saturated heterocycles. The van der Waals surface area contributed by atoms with Crippen LogP contribution in [0.2, 0.25) is 0 Å². The zero-order valence-electron chi connectivity index (χ0n) is 18.9. The van der Waals surface area contributed by atoms with E-state index in [0.29, 0.717) is 16.3 Å². The average Bonchev–Trinajstić information content (AvgIpc) is 3.07. The molecular formula is C24H30N2O4S. The van der Waals surface area contributed by atoms with E-state index in [1.54, 1.807) is 13.8 Å². The lowest BCUT2D eigenvalue weighted by atomic mass is 9.62. The van der Waals surface area contributed by atoms with Gasteiger partial charge < -0.3 is 14.8 Å². The number of hydrogen-bond donors (Lipinski definition) is 1. The molecule has 0 fully saturated rings. The summed E-state index contributed by atoms with van der Waals surface area (Å²) in [5, 5.41) is 4.01. The van der Waals surface area contributed by atoms with Gasteiger partial charge in [0.2, 0.25) is 0 Å². The van der Waals surface area contributed by atoms with Gasteiger partial charge in [-0.25, -0.2) is 9.78 Å². The van der Waals surface area contributed by atoms with Crippen molar-refractivity contribution in [2.75, 3.05) is 13.2 Å². The molecule has 1 N–H and O–H groups in total. The highest BCUT2D eigenvalue weighted by atomic mass is 32.1. The van der Waals surface area contributed by atoms with E-state index in [9.17, 15) is 9.59 Å². The molecule has 31 heavy (non-hydrogen) atoms. The lowest BCUT2D eigenvalue weighted by Crippen LogP contribution is -2.60. The van der Waals surface area contributed by atoms with Crippen LogP contribution in [0, 0.1) is 13.8 Å². The van der Waals surface area contributed by atoms with Gasteiger partial charge in [0.15, 0.2) is 5.41 Å². The highest BCUT2D eigenvalue weighted by molar-refractivity contribution is 7.12. The Balaban J connectivity index is 2.40. The second-order valence-corrected chi connectivity index (χ2v) is 8.92. The van der Waals surface area contributed by atoms with Gasteiger partial charge in [-0.3, -0.25) is 4.79 Å². The van der Waals surface area contributed by atoms with E-state index in [1.807, 2.05) is 58.0 Å². The summed E-state index contributed by atoms with van der Waals surface area (Å²) >= 11 is 1.48. The highest BCUT2D eigenvalue weighted by Gasteiger charge is 2.60. The van der Waals surface area contributed by atoms with Gasteiger partial charge in [-0.05, 0) is 47.1 Å². The third kappa shape index (κ3) is 3.87. The zero-order chi connectivity index (χ0) is 22.8. The number of aromatic nitrogens is 1. The molecular weight excluding hydrogens is 412 g/mol. The molecule has 3 unspecified atom stereocenters. The average molecular weight is 443 g/mol. The summed E-state index contributed by atoms with van der Waals surface area (Å²) in [5.41, 5.74) is 1.63. The van der Waals surface area contributed by atoms with Crippen molar-refractivity contribution in [3.05, 3.63) is 62.7 Å². The molecule has 1 aromatic carbocycles. The van der Waals surface area contributed by atoms with Crippen LogP contribution in [0.15, 0.2) is 41.6 Å². The number of nitrogens with one attached hydrogen (secondary N) is 1. The summed E-state index contributed by atoms with van der Waals surface area (Å²) in [6, 6.07) is 9.26. The predicted octanol–water partition coefficient (Wildman–Crippen LogP) is 4.17. The second-order valence-electron chi connectivity index (χ2n) is 7.72. The maximum absolute atomic E-state index is 13.8. The Hall–Kier alpha value is -2.67. The van der Waals surface area contributed by atoms with E-state index in [4.69, 9.17) is 14.5 Å². The fourth-order valence-corrected chi connectivity index (χ4v) is 5.57. The Morgan fingerprint density at radius 3 is 2.29 bits per heavy atom. The minimum atomic E-state index is -1.22. The quantitative estimate of drug-likeness (QED) is 0.677. The minimum Gasteiger partial charge on any atom is -0.465 e. The van der Waals surface area contributed by atoms with E-state index in [-0.39, 0.29) is 19.3 Å². The number of allylic oxidation sites excluding steroid dienone is 1. The van der Waals surface area contributed by atoms with Crippen molar-refractivity contribution in [1.29, 1.82) is 0 Å². The topological polar surface area (TPSA) is 77.5 Å². The van der Waals surface area contributed by atoms with Crippen LogP contribution in [0.5, 0.6) is 0 Å². The number of nitrogens with zero attached hydrogens (tertiary/aromatic N) is 1. The van der Waals surface area contributed by atoms with Crippen LogP contribution in [-0.2, 0) is 24.5 Å². The number of aryl methyl sites for hydroxylation is 2. The van der Waals surface area contributed by atoms with Crippen molar-refractivity contribution in [2.24, 2.45) is 0 Å². The van der Waals surface area contributed by atoms with E-state index in [2.05, 4.69) is 5.32 Å². The molecule has 3 rings (SSSR count). The molecule has 0 radical (unpaired) electrons. The Bertz CT molecular complexity index is 979. The molecule has 2 aromatic rings. The first-order valence-corrected chi connectivity index (χ1v) is 11.4. The Kier molecular flexibility index (Phi) is 6.84. The smallest absolute Gasteiger partial charge is 0.336 e. The molecule has 0 bridgehead atoms. The van der Waals surface area contributed by atoms with Gasteiger partial charge in [-0.15, -0.1) is 11.3 Å². The van der Waals surface area contributed by atoms with Gasteiger partial charge in [-0.2, -0.15) is 0 Å². The molecule has 1 aliphatic rings. The highest BCUT2D eigenvalue weighted by Crippen LogP contribution is 2.51. The van der Waals surface area contributed by atoms with Gasteiger partial charge >= 0.3 is 11.9 Å². The fourth-order valence-electron chi connectivity index (χ4n) is 4.36. The largest absolute Gasteiger partial charge is 0.465 e. The summed E-state index contributed by atoms with van der Waals surface area (Å²) in [6.07, 6.45) is 0. The third-order valence-corrected chi connectivity index (χ3v) is 7.11. The van der Waals surface area contributed by atoms with Crippen molar-refractivity contribution in [3.63, 3.8) is 0 Å². The predicted molar refractivity (Wildman–Crippen MR) is 121 cm³/mol. The maximum atomic E-state index is 13.8. The summed E-state index contributed by atoms with van der Waals surface area (Å²) in [5.74, 6) is -1.44. The first-order chi connectivity index (χ1) is 14.8. The van der Waals surface area contributed by atoms with E-state index in [0.717, 1.165) is 16.1 Å². The van der Waals surface area contributed by atoms with Gasteiger partial charge in [0.05, 0.1) is 24.5 Å². The standard InChI is InChI=1S/C24H30N2O4S/c1-7-29-21(27)19-15(4)25-17(6)24(23(28)30-8-2,22-26-14(3)16(5)31-22)20(19)18-12-10-9-11-13-18/h9-13,17,20,25H,7-8H2,1-6H3. The SMILES string of the molecule is CCOC(=O)C1=C(C)NC(C)C(C(=O)OCC)(c2nc(C)c(C)s2)C1c1ccccc1. The molecule has 166 valence electrons. The van der Waals surface area contributed by atoms with Crippen molar-refractivity contribution in [3.8, 4) is 0 Å². The monoisotopic (exact) mass is 442 g/mol. The third-order valence-electron chi connectivity index (χ3n) is 5.89. The molecule has 3 atom stereocenters. The molecule has 0 saturated carbocycles. The Morgan fingerprint density at radius 2 is 1.74 bits per heavy atom. The van der Waals surface area contributed by atoms with Crippen molar-refractivity contribution >= 4 is 23.3 Å². The van der Waals surface area contributed by atoms with Crippen LogP contribution in [0.1, 0.15) is 54.8 Å². The van der Waals surface area contributed by atoms with E-state index in [1.165, 1.54) is 11.3 Å². The number of esters is 2. The van der Waals surface area contributed by atoms with E-state index < -0.39 is 23.3 Å². The van der Waals surface area contributed by atoms with Crippen molar-refractivity contribution in [1.82, 2.24) is 10.3 Å². The summed E-state index contributed by atoms with van der Waals surface area (Å²) in [4.78, 5) is 32.8. The van der Waals surface area contributed by atoms with Crippen molar-refractivity contribution in [2.45, 2.75) is 58.9 Å². The van der Waals surface area contributed by atoms with Crippen LogP contribution in [0.25, 0.3) is 0 Å². The first kappa shape index (κ1) is 23.0. The van der Waals surface area contributed by atoms with Crippen LogP contribution < -0.4 is 5.32 Å². The lowest BCUT2D eigenvalue weighted by molar-refractivity contribution is -0.153. The fraction of sp³-hybridized carbons (Fsp3) is 0.458. The number of thiazole rings is 1. The number of benzene rings is 1. The summed E-state index contributed by atoms with van der Waals surface area (Å²) < 4.78 is 11.1. The first-order valence-electron chi connectivity index (χ1n) is 10.6. The molecule has 2 heterocycles. The van der Waals surface area contributed by atoms with Gasteiger partial charge in [0.1, 0.15) is 5.01 Å². The van der Waals surface area contributed by atoms with Crippen LogP contribution in [-0.4, -0.2) is 36.2 Å². The molecule has 0 spiro atoms. The number of carbonyl (C=O) groups excluding carboxylic acids is 2. The number of carbonyl (C=O) groups is 2. The maximum Gasteiger partial charge on any atom is 0.336 e. The number of ether oxygens (including phenoxy) is 2. The van der Waals surface area contributed by atoms with Crippen LogP contribution in [0.4, 0.5) is 0 Å². The molecule has 7 heteroatoms. The lowest BCUT2D eigenvalue weighted by Gasteiger charge is -2.46. The normalized spacial score (nSPS) is 23.3. The molecule has 0 amide bonds. The Morgan fingerprint density at radius 1 is 1.10 bits per heavy atom. The summed E-state index contributed by atoms with van der Waals surface area (Å²) in [7, 11) is 0. The van der Waals surface area contributed by atoms with E-state index >= 15 is 0 Å². The van der Waals surface area contributed by atoms with Gasteiger partial charge in [0, 0.05) is 22.5 Å². The molecule has 0 aliphatic carbocycles. The zero-order valence-corrected chi connectivity index (χ0v) is 19.8. The molecule has 1 aromatic heterocycles. The molecule has 1 aliphatic heterocycles. The van der Waals surface area contributed by atoms with Gasteiger partial charge in [-0.1, -0.05) is 30.3 Å². The summed E-state index contributed by atoms with van der Waals surface area (Å²) in [6.45, 7) is 11.8. The van der Waals surface area contributed by atoms with Crippen LogP contribution in [0.3, 0.4) is 0 Å².